The van der Waals surface area contributed by atoms with Crippen LogP contribution in [0.1, 0.15) is 24.2 Å². The summed E-state index contributed by atoms with van der Waals surface area (Å²) in [5, 5.41) is 3.99. The lowest BCUT2D eigenvalue weighted by Crippen LogP contribution is -2.39. The first-order chi connectivity index (χ1) is 13.2. The fraction of sp³-hybridized carbons (Fsp3) is 0.333. The van der Waals surface area contributed by atoms with E-state index in [9.17, 15) is 4.79 Å². The van der Waals surface area contributed by atoms with Gasteiger partial charge in [-0.2, -0.15) is 0 Å². The zero-order chi connectivity index (χ0) is 18.6. The molecule has 6 heteroatoms. The third-order valence-electron chi connectivity index (χ3n) is 4.75. The molecule has 0 spiro atoms. The largest absolute Gasteiger partial charge is 0.461 e. The van der Waals surface area contributed by atoms with Crippen LogP contribution in [-0.4, -0.2) is 35.2 Å². The number of nitrogens with zero attached hydrogens (tertiary/aromatic N) is 2. The monoisotopic (exact) mass is 365 g/mol. The Bertz CT molecular complexity index is 917. The van der Waals surface area contributed by atoms with Crippen molar-refractivity contribution in [3.63, 3.8) is 0 Å². The zero-order valence-corrected chi connectivity index (χ0v) is 15.4. The van der Waals surface area contributed by atoms with Crippen LogP contribution < -0.4 is 5.32 Å². The molecule has 27 heavy (non-hydrogen) atoms. The Hall–Kier alpha value is -2.86. The molecule has 2 aromatic heterocycles. The van der Waals surface area contributed by atoms with Gasteiger partial charge in [0.05, 0.1) is 6.10 Å². The average Bonchev–Trinajstić information content (AvgIpc) is 3.30. The Morgan fingerprint density at radius 1 is 1.26 bits per heavy atom. The molecule has 3 heterocycles. The van der Waals surface area contributed by atoms with Crippen LogP contribution in [0.25, 0.3) is 11.0 Å². The van der Waals surface area contributed by atoms with Gasteiger partial charge < -0.3 is 19.4 Å². The predicted molar refractivity (Wildman–Crippen MR) is 104 cm³/mol. The molecule has 0 aliphatic carbocycles. The van der Waals surface area contributed by atoms with Crippen molar-refractivity contribution in [3.05, 3.63) is 60.1 Å². The van der Waals surface area contributed by atoms with E-state index >= 15 is 0 Å². The van der Waals surface area contributed by atoms with Gasteiger partial charge in [-0.25, -0.2) is 4.79 Å². The molecule has 2 amide bonds. The first-order valence-corrected chi connectivity index (χ1v) is 9.24. The molecule has 1 saturated heterocycles. The summed E-state index contributed by atoms with van der Waals surface area (Å²) in [6, 6.07) is 11.4. The maximum atomic E-state index is 13.0. The van der Waals surface area contributed by atoms with Gasteiger partial charge in [0.1, 0.15) is 11.3 Å². The average molecular weight is 365 g/mol. The standard InChI is InChI=1S/C21H23N3O3/c1-15-11-17-12-18(4-5-20(17)27-15)23-21(25)24(14-19-3-2-10-26-19)13-16-6-8-22-9-7-16/h4-9,11-12,19H,2-3,10,13-14H2,1H3,(H,23,25)/t19-/m0/s1. The molecule has 0 saturated carbocycles. The maximum absolute atomic E-state index is 13.0. The highest BCUT2D eigenvalue weighted by atomic mass is 16.5. The van der Waals surface area contributed by atoms with Gasteiger partial charge in [0.15, 0.2) is 0 Å². The molecule has 6 nitrogen and oxygen atoms in total. The smallest absolute Gasteiger partial charge is 0.322 e. The van der Waals surface area contributed by atoms with Crippen LogP contribution in [0.4, 0.5) is 10.5 Å². The maximum Gasteiger partial charge on any atom is 0.322 e. The number of pyridine rings is 1. The van der Waals surface area contributed by atoms with Gasteiger partial charge in [0.2, 0.25) is 0 Å². The number of fused-ring (bicyclic) bond motifs is 1. The van der Waals surface area contributed by atoms with Crippen molar-refractivity contribution in [2.75, 3.05) is 18.5 Å². The van der Waals surface area contributed by atoms with Crippen molar-refractivity contribution in [2.24, 2.45) is 0 Å². The lowest BCUT2D eigenvalue weighted by Gasteiger charge is -2.26. The number of furan rings is 1. The first kappa shape index (κ1) is 17.5. The van der Waals surface area contributed by atoms with E-state index in [-0.39, 0.29) is 12.1 Å². The van der Waals surface area contributed by atoms with Gasteiger partial charge in [-0.1, -0.05) is 0 Å². The Balaban J connectivity index is 1.50. The Labute approximate surface area is 158 Å². The number of amides is 2. The molecule has 4 rings (SSSR count). The molecule has 1 atom stereocenters. The second-order valence-corrected chi connectivity index (χ2v) is 6.91. The van der Waals surface area contributed by atoms with Crippen LogP contribution in [0.3, 0.4) is 0 Å². The normalized spacial score (nSPS) is 16.6. The third-order valence-corrected chi connectivity index (χ3v) is 4.75. The summed E-state index contributed by atoms with van der Waals surface area (Å²) < 4.78 is 11.3. The van der Waals surface area contributed by atoms with Crippen LogP contribution in [-0.2, 0) is 11.3 Å². The molecule has 1 fully saturated rings. The summed E-state index contributed by atoms with van der Waals surface area (Å²) in [5.41, 5.74) is 2.61. The topological polar surface area (TPSA) is 67.6 Å². The third kappa shape index (κ3) is 4.28. The van der Waals surface area contributed by atoms with E-state index in [0.29, 0.717) is 13.1 Å². The minimum atomic E-state index is -0.137. The highest BCUT2D eigenvalue weighted by molar-refractivity contribution is 5.92. The summed E-state index contributed by atoms with van der Waals surface area (Å²) in [7, 11) is 0. The number of hydrogen-bond donors (Lipinski definition) is 1. The quantitative estimate of drug-likeness (QED) is 0.730. The summed E-state index contributed by atoms with van der Waals surface area (Å²) in [5.74, 6) is 0.853. The molecule has 1 aliphatic rings. The number of carbonyl (C=O) groups is 1. The second-order valence-electron chi connectivity index (χ2n) is 6.91. The van der Waals surface area contributed by atoms with Crippen molar-refractivity contribution in [1.82, 2.24) is 9.88 Å². The number of aryl methyl sites for hydroxylation is 1. The highest BCUT2D eigenvalue weighted by Crippen LogP contribution is 2.23. The van der Waals surface area contributed by atoms with E-state index < -0.39 is 0 Å². The number of hydrogen-bond acceptors (Lipinski definition) is 4. The van der Waals surface area contributed by atoms with Crippen molar-refractivity contribution in [2.45, 2.75) is 32.4 Å². The van der Waals surface area contributed by atoms with Crippen LogP contribution >= 0.6 is 0 Å². The minimum Gasteiger partial charge on any atom is -0.461 e. The molecule has 0 unspecified atom stereocenters. The summed E-state index contributed by atoms with van der Waals surface area (Å²) in [6.07, 6.45) is 5.61. The summed E-state index contributed by atoms with van der Waals surface area (Å²) >= 11 is 0. The molecule has 0 bridgehead atoms. The minimum absolute atomic E-state index is 0.0941. The molecular formula is C21H23N3O3. The number of rotatable bonds is 5. The van der Waals surface area contributed by atoms with E-state index in [1.165, 1.54) is 0 Å². The lowest BCUT2D eigenvalue weighted by molar-refractivity contribution is 0.0819. The molecule has 0 radical (unpaired) electrons. The van der Waals surface area contributed by atoms with Gasteiger partial charge in [0, 0.05) is 43.2 Å². The predicted octanol–water partition coefficient (Wildman–Crippen LogP) is 4.35. The molecule has 1 aromatic carbocycles. The van der Waals surface area contributed by atoms with Crippen LogP contribution in [0.15, 0.2) is 53.2 Å². The van der Waals surface area contributed by atoms with Crippen LogP contribution in [0, 0.1) is 6.92 Å². The van der Waals surface area contributed by atoms with Gasteiger partial charge in [-0.3, -0.25) is 4.98 Å². The molecule has 1 aliphatic heterocycles. The number of aromatic nitrogens is 1. The fourth-order valence-electron chi connectivity index (χ4n) is 3.42. The molecular weight excluding hydrogens is 342 g/mol. The van der Waals surface area contributed by atoms with Crippen molar-refractivity contribution < 1.29 is 13.9 Å². The van der Waals surface area contributed by atoms with Gasteiger partial charge in [-0.15, -0.1) is 0 Å². The second kappa shape index (κ2) is 7.80. The van der Waals surface area contributed by atoms with E-state index in [2.05, 4.69) is 10.3 Å². The number of nitrogens with one attached hydrogen (secondary N) is 1. The van der Waals surface area contributed by atoms with Crippen LogP contribution in [0.2, 0.25) is 0 Å². The number of ether oxygens (including phenoxy) is 1. The van der Waals surface area contributed by atoms with Crippen molar-refractivity contribution >= 4 is 22.7 Å². The fourth-order valence-corrected chi connectivity index (χ4v) is 3.42. The van der Waals surface area contributed by atoms with Gasteiger partial charge in [-0.05, 0) is 61.7 Å². The van der Waals surface area contributed by atoms with Gasteiger partial charge in [0.25, 0.3) is 0 Å². The number of benzene rings is 1. The van der Waals surface area contributed by atoms with E-state index in [4.69, 9.17) is 9.15 Å². The number of anilines is 1. The van der Waals surface area contributed by atoms with E-state index in [1.54, 1.807) is 17.3 Å². The zero-order valence-electron chi connectivity index (χ0n) is 15.4. The van der Waals surface area contributed by atoms with E-state index in [1.807, 2.05) is 43.3 Å². The van der Waals surface area contributed by atoms with Crippen LogP contribution in [0.5, 0.6) is 0 Å². The van der Waals surface area contributed by atoms with E-state index in [0.717, 1.165) is 47.4 Å². The highest BCUT2D eigenvalue weighted by Gasteiger charge is 2.23. The Kier molecular flexibility index (Phi) is 5.07. The van der Waals surface area contributed by atoms with Crippen molar-refractivity contribution in [3.8, 4) is 0 Å². The number of urea groups is 1. The molecule has 140 valence electrons. The Morgan fingerprint density at radius 2 is 2.11 bits per heavy atom. The summed E-state index contributed by atoms with van der Waals surface area (Å²) in [6.45, 7) is 3.77. The number of carbonyl (C=O) groups excluding carboxylic acids is 1. The lowest BCUT2D eigenvalue weighted by atomic mass is 10.2. The van der Waals surface area contributed by atoms with Gasteiger partial charge >= 0.3 is 6.03 Å². The SMILES string of the molecule is Cc1cc2cc(NC(=O)N(Cc3ccncc3)C[C@@H]3CCCO3)ccc2o1. The molecule has 3 aromatic rings. The molecule has 1 N–H and O–H groups in total. The first-order valence-electron chi connectivity index (χ1n) is 9.24. The Morgan fingerprint density at radius 3 is 2.89 bits per heavy atom. The van der Waals surface area contributed by atoms with Crippen molar-refractivity contribution in [1.29, 1.82) is 0 Å². The summed E-state index contributed by atoms with van der Waals surface area (Å²) in [4.78, 5) is 18.8.